The van der Waals surface area contributed by atoms with Crippen LogP contribution in [0.3, 0.4) is 0 Å². The first-order chi connectivity index (χ1) is 6.97. The number of hydrazine groups is 1. The van der Waals surface area contributed by atoms with Gasteiger partial charge >= 0.3 is 18.1 Å². The second kappa shape index (κ2) is 3.47. The van der Waals surface area contributed by atoms with Crippen LogP contribution in [0.2, 0.25) is 0 Å². The Bertz CT molecular complexity index is 295. The number of rotatable bonds is 2. The summed E-state index contributed by atoms with van der Waals surface area (Å²) in [6, 6.07) is -4.22. The molecule has 0 amide bonds. The van der Waals surface area contributed by atoms with Crippen molar-refractivity contribution in [3.05, 3.63) is 12.3 Å². The van der Waals surface area contributed by atoms with Crippen molar-refractivity contribution in [3.8, 4) is 0 Å². The van der Waals surface area contributed by atoms with Gasteiger partial charge in [-0.25, -0.2) is 0 Å². The van der Waals surface area contributed by atoms with Crippen LogP contribution in [0.25, 0.3) is 0 Å². The summed E-state index contributed by atoms with van der Waals surface area (Å²) in [4.78, 5) is 0. The average molecular weight is 256 g/mol. The van der Waals surface area contributed by atoms with Crippen molar-refractivity contribution in [2.45, 2.75) is 18.1 Å². The van der Waals surface area contributed by atoms with Gasteiger partial charge in [0.2, 0.25) is 0 Å². The molecule has 0 bridgehead atoms. The lowest BCUT2D eigenvalue weighted by atomic mass is 10.3. The lowest BCUT2D eigenvalue weighted by Crippen LogP contribution is -2.50. The zero-order valence-electron chi connectivity index (χ0n) is 7.28. The Morgan fingerprint density at radius 1 is 1.06 bits per heavy atom. The third-order valence-corrected chi connectivity index (χ3v) is 1.69. The molecule has 0 N–H and O–H groups in total. The van der Waals surface area contributed by atoms with Gasteiger partial charge in [-0.3, -0.25) is 5.01 Å². The van der Waals surface area contributed by atoms with E-state index in [2.05, 4.69) is 0 Å². The SMILES string of the molecule is FN1N(CC(F)(F)C(F)(F)F)C=CC1(F)F. The summed E-state index contributed by atoms with van der Waals surface area (Å²) < 4.78 is 97.0. The molecule has 94 valence electrons. The molecule has 2 nitrogen and oxygen atoms in total. The Labute approximate surface area is 83.6 Å². The van der Waals surface area contributed by atoms with Crippen LogP contribution in [-0.2, 0) is 0 Å². The van der Waals surface area contributed by atoms with Gasteiger partial charge in [-0.1, -0.05) is 0 Å². The molecule has 16 heavy (non-hydrogen) atoms. The van der Waals surface area contributed by atoms with E-state index in [1.807, 2.05) is 0 Å². The summed E-state index contributed by atoms with van der Waals surface area (Å²) in [5, 5.41) is -2.04. The van der Waals surface area contributed by atoms with Crippen LogP contribution >= 0.6 is 0 Å². The molecular weight excluding hydrogens is 252 g/mol. The minimum Gasteiger partial charge on any atom is -0.274 e. The van der Waals surface area contributed by atoms with Crippen LogP contribution in [0.4, 0.5) is 35.2 Å². The van der Waals surface area contributed by atoms with Crippen molar-refractivity contribution in [2.24, 2.45) is 0 Å². The molecule has 0 atom stereocenters. The van der Waals surface area contributed by atoms with E-state index < -0.39 is 34.9 Å². The van der Waals surface area contributed by atoms with Gasteiger partial charge in [-0.15, -0.1) is 4.48 Å². The van der Waals surface area contributed by atoms with Crippen LogP contribution in [0.5, 0.6) is 0 Å². The van der Waals surface area contributed by atoms with Crippen LogP contribution < -0.4 is 0 Å². The zero-order chi connectivity index (χ0) is 12.8. The van der Waals surface area contributed by atoms with Crippen molar-refractivity contribution < 1.29 is 35.2 Å². The summed E-state index contributed by atoms with van der Waals surface area (Å²) >= 11 is 0. The van der Waals surface area contributed by atoms with Crippen molar-refractivity contribution >= 4 is 0 Å². The molecular formula is C6H4F8N2. The van der Waals surface area contributed by atoms with Gasteiger partial charge in [-0.2, -0.15) is 30.7 Å². The molecule has 1 aliphatic rings. The predicted molar refractivity (Wildman–Crippen MR) is 34.7 cm³/mol. The average Bonchev–Trinajstić information content (AvgIpc) is 2.29. The standard InChI is InChI=1S/C6H4F8N2/c7-4(8,6(11,12)13)3-15-2-1-5(9,10)16(15)14/h1-2H,3H2. The van der Waals surface area contributed by atoms with Crippen LogP contribution in [0, 0.1) is 0 Å². The fourth-order valence-corrected chi connectivity index (χ4v) is 0.875. The maximum absolute atomic E-state index is 12.5. The smallest absolute Gasteiger partial charge is 0.274 e. The highest BCUT2D eigenvalue weighted by Gasteiger charge is 2.60. The van der Waals surface area contributed by atoms with Crippen molar-refractivity contribution in [1.29, 1.82) is 0 Å². The Morgan fingerprint density at radius 2 is 1.56 bits per heavy atom. The van der Waals surface area contributed by atoms with Gasteiger partial charge in [0, 0.05) is 17.5 Å². The minimum absolute atomic E-state index is 0.111. The van der Waals surface area contributed by atoms with Gasteiger partial charge in [-0.05, 0) is 0 Å². The monoisotopic (exact) mass is 256 g/mol. The first kappa shape index (κ1) is 13.0. The largest absolute Gasteiger partial charge is 0.455 e. The molecule has 1 heterocycles. The molecule has 0 saturated heterocycles. The highest BCUT2D eigenvalue weighted by atomic mass is 19.4. The third-order valence-electron chi connectivity index (χ3n) is 1.69. The maximum Gasteiger partial charge on any atom is 0.455 e. The topological polar surface area (TPSA) is 6.48 Å². The molecule has 0 aromatic rings. The molecule has 0 fully saturated rings. The number of hydrogen-bond acceptors (Lipinski definition) is 2. The molecule has 0 spiro atoms. The van der Waals surface area contributed by atoms with E-state index in [0.717, 1.165) is 0 Å². The normalized spacial score (nSPS) is 21.9. The fourth-order valence-electron chi connectivity index (χ4n) is 0.875. The second-order valence-corrected chi connectivity index (χ2v) is 2.96. The Hall–Kier alpha value is -1.06. The number of hydrogen-bond donors (Lipinski definition) is 0. The Balaban J connectivity index is 2.75. The summed E-state index contributed by atoms with van der Waals surface area (Å²) in [6.45, 7) is -2.25. The van der Waals surface area contributed by atoms with E-state index >= 15 is 0 Å². The highest BCUT2D eigenvalue weighted by molar-refractivity contribution is 4.99. The minimum atomic E-state index is -5.93. The fraction of sp³-hybridized carbons (Fsp3) is 0.667. The van der Waals surface area contributed by atoms with Crippen molar-refractivity contribution in [3.63, 3.8) is 0 Å². The third kappa shape index (κ3) is 2.20. The van der Waals surface area contributed by atoms with E-state index in [0.29, 0.717) is 0 Å². The summed E-state index contributed by atoms with van der Waals surface area (Å²) in [5.74, 6) is -5.29. The van der Waals surface area contributed by atoms with E-state index in [4.69, 9.17) is 0 Å². The lowest BCUT2D eigenvalue weighted by molar-refractivity contribution is -0.327. The van der Waals surface area contributed by atoms with E-state index in [1.54, 1.807) is 0 Å². The van der Waals surface area contributed by atoms with Gasteiger partial charge in [0.05, 0.1) is 0 Å². The molecule has 0 aromatic heterocycles. The highest BCUT2D eigenvalue weighted by Crippen LogP contribution is 2.39. The summed E-state index contributed by atoms with van der Waals surface area (Å²) in [5.41, 5.74) is 0. The van der Waals surface area contributed by atoms with E-state index in [1.165, 1.54) is 0 Å². The molecule has 0 saturated carbocycles. The first-order valence-electron chi connectivity index (χ1n) is 3.72. The molecule has 0 aromatic carbocycles. The molecule has 0 radical (unpaired) electrons. The maximum atomic E-state index is 12.5. The molecule has 10 heteroatoms. The number of alkyl halides is 7. The van der Waals surface area contributed by atoms with Gasteiger partial charge in [0.1, 0.15) is 6.54 Å². The predicted octanol–water partition coefficient (Wildman–Crippen LogP) is 2.71. The number of halogens is 8. The lowest BCUT2D eigenvalue weighted by Gasteiger charge is -2.28. The summed E-state index contributed by atoms with van der Waals surface area (Å²) in [7, 11) is 0. The van der Waals surface area contributed by atoms with E-state index in [-0.39, 0.29) is 12.3 Å². The second-order valence-electron chi connectivity index (χ2n) is 2.96. The number of nitrogens with zero attached hydrogens (tertiary/aromatic N) is 2. The summed E-state index contributed by atoms with van der Waals surface area (Å²) in [6.07, 6.45) is -5.96. The molecule has 0 aliphatic carbocycles. The van der Waals surface area contributed by atoms with E-state index in [9.17, 15) is 35.2 Å². The molecule has 1 rings (SSSR count). The van der Waals surface area contributed by atoms with Gasteiger partial charge in [0.25, 0.3) is 0 Å². The Kier molecular flexibility index (Phi) is 2.82. The van der Waals surface area contributed by atoms with Crippen molar-refractivity contribution in [1.82, 2.24) is 10.2 Å². The molecule has 0 unspecified atom stereocenters. The van der Waals surface area contributed by atoms with Crippen LogP contribution in [0.1, 0.15) is 0 Å². The molecule has 1 aliphatic heterocycles. The Morgan fingerprint density at radius 3 is 1.88 bits per heavy atom. The van der Waals surface area contributed by atoms with Crippen molar-refractivity contribution in [2.75, 3.05) is 6.54 Å². The first-order valence-corrected chi connectivity index (χ1v) is 3.72. The quantitative estimate of drug-likeness (QED) is 0.426. The van der Waals surface area contributed by atoms with Gasteiger partial charge < -0.3 is 0 Å². The van der Waals surface area contributed by atoms with Crippen LogP contribution in [0.15, 0.2) is 12.3 Å². The zero-order valence-corrected chi connectivity index (χ0v) is 7.28. The van der Waals surface area contributed by atoms with Crippen LogP contribution in [-0.4, -0.2) is 34.9 Å². The van der Waals surface area contributed by atoms with Gasteiger partial charge in [0.15, 0.2) is 0 Å².